The number of nitrogens with zero attached hydrogens (tertiary/aromatic N) is 1. The van der Waals surface area contributed by atoms with Crippen molar-refractivity contribution in [3.05, 3.63) is 21.9 Å². The van der Waals surface area contributed by atoms with Crippen LogP contribution in [0.4, 0.5) is 0 Å². The Labute approximate surface area is 81.0 Å². The van der Waals surface area contributed by atoms with Gasteiger partial charge in [0.2, 0.25) is 0 Å². The van der Waals surface area contributed by atoms with Crippen LogP contribution in [0.3, 0.4) is 0 Å². The van der Waals surface area contributed by atoms with E-state index in [9.17, 15) is 4.79 Å². The first-order valence-corrected chi connectivity index (χ1v) is 4.77. The van der Waals surface area contributed by atoms with E-state index in [0.717, 1.165) is 5.56 Å². The molecule has 1 atom stereocenters. The molecule has 1 heterocycles. The molecule has 0 aromatic carbocycles. The van der Waals surface area contributed by atoms with Crippen molar-refractivity contribution >= 4 is 17.2 Å². The van der Waals surface area contributed by atoms with E-state index in [2.05, 4.69) is 5.32 Å². The Hall–Kier alpha value is -1.34. The zero-order valence-corrected chi connectivity index (χ0v) is 8.31. The molecule has 0 radical (unpaired) electrons. The van der Waals surface area contributed by atoms with E-state index in [4.69, 9.17) is 5.26 Å². The van der Waals surface area contributed by atoms with Gasteiger partial charge in [0, 0.05) is 0 Å². The number of aryl methyl sites for hydroxylation is 1. The van der Waals surface area contributed by atoms with Crippen LogP contribution < -0.4 is 5.32 Å². The number of hydrogen-bond acceptors (Lipinski definition) is 3. The SMILES string of the molecule is Cc1ccsc1C(=O)NC(C)C#N. The van der Waals surface area contributed by atoms with Crippen molar-refractivity contribution in [3.8, 4) is 6.07 Å². The van der Waals surface area contributed by atoms with Gasteiger partial charge in [-0.05, 0) is 30.9 Å². The maximum Gasteiger partial charge on any atom is 0.262 e. The Morgan fingerprint density at radius 1 is 1.77 bits per heavy atom. The molecule has 4 heteroatoms. The molecule has 1 aromatic rings. The van der Waals surface area contributed by atoms with Gasteiger partial charge in [-0.2, -0.15) is 5.26 Å². The molecule has 68 valence electrons. The molecule has 0 aliphatic heterocycles. The van der Waals surface area contributed by atoms with E-state index in [1.165, 1.54) is 11.3 Å². The van der Waals surface area contributed by atoms with Crippen LogP contribution in [0.1, 0.15) is 22.2 Å². The smallest absolute Gasteiger partial charge is 0.262 e. The van der Waals surface area contributed by atoms with Crippen molar-refractivity contribution in [2.24, 2.45) is 0 Å². The summed E-state index contributed by atoms with van der Waals surface area (Å²) < 4.78 is 0. The highest BCUT2D eigenvalue weighted by Crippen LogP contribution is 2.14. The molecule has 0 saturated heterocycles. The highest BCUT2D eigenvalue weighted by molar-refractivity contribution is 7.12. The van der Waals surface area contributed by atoms with E-state index in [1.54, 1.807) is 6.92 Å². The molecule has 0 aliphatic carbocycles. The number of carbonyl (C=O) groups is 1. The predicted molar refractivity (Wildman–Crippen MR) is 51.6 cm³/mol. The minimum atomic E-state index is -0.436. The summed E-state index contributed by atoms with van der Waals surface area (Å²) in [5, 5.41) is 12.9. The third-order valence-electron chi connectivity index (χ3n) is 1.61. The van der Waals surface area contributed by atoms with Gasteiger partial charge in [0.15, 0.2) is 0 Å². The first-order valence-electron chi connectivity index (χ1n) is 3.89. The number of thiophene rings is 1. The lowest BCUT2D eigenvalue weighted by Crippen LogP contribution is -2.31. The molecule has 0 saturated carbocycles. The van der Waals surface area contributed by atoms with Crippen LogP contribution in [0.2, 0.25) is 0 Å². The summed E-state index contributed by atoms with van der Waals surface area (Å²) in [6, 6.07) is 3.40. The molecule has 0 aliphatic rings. The van der Waals surface area contributed by atoms with Crippen molar-refractivity contribution in [1.29, 1.82) is 5.26 Å². The summed E-state index contributed by atoms with van der Waals surface area (Å²) in [6.45, 7) is 3.53. The minimum absolute atomic E-state index is 0.165. The lowest BCUT2D eigenvalue weighted by molar-refractivity contribution is 0.0951. The second-order valence-corrected chi connectivity index (χ2v) is 3.67. The van der Waals surface area contributed by atoms with Crippen LogP contribution in [0.25, 0.3) is 0 Å². The van der Waals surface area contributed by atoms with Gasteiger partial charge in [0.1, 0.15) is 6.04 Å². The highest BCUT2D eigenvalue weighted by atomic mass is 32.1. The summed E-state index contributed by atoms with van der Waals surface area (Å²) in [5.74, 6) is -0.165. The zero-order valence-electron chi connectivity index (χ0n) is 7.50. The normalized spacial score (nSPS) is 11.8. The van der Waals surface area contributed by atoms with Gasteiger partial charge in [0.05, 0.1) is 10.9 Å². The largest absolute Gasteiger partial charge is 0.336 e. The summed E-state index contributed by atoms with van der Waals surface area (Å²) in [5.41, 5.74) is 0.952. The van der Waals surface area contributed by atoms with Gasteiger partial charge < -0.3 is 5.32 Å². The van der Waals surface area contributed by atoms with Crippen LogP contribution in [0.15, 0.2) is 11.4 Å². The number of nitrogens with one attached hydrogen (secondary N) is 1. The third-order valence-corrected chi connectivity index (χ3v) is 2.62. The van der Waals surface area contributed by atoms with E-state index in [-0.39, 0.29) is 5.91 Å². The number of amides is 1. The highest BCUT2D eigenvalue weighted by Gasteiger charge is 2.11. The Balaban J connectivity index is 2.71. The summed E-state index contributed by atoms with van der Waals surface area (Å²) >= 11 is 1.39. The van der Waals surface area contributed by atoms with Crippen molar-refractivity contribution in [3.63, 3.8) is 0 Å². The van der Waals surface area contributed by atoms with Crippen molar-refractivity contribution in [2.75, 3.05) is 0 Å². The molecular formula is C9H10N2OS. The van der Waals surface area contributed by atoms with Gasteiger partial charge in [0.25, 0.3) is 5.91 Å². The number of nitriles is 1. The molecule has 1 aromatic heterocycles. The first kappa shape index (κ1) is 9.75. The lowest BCUT2D eigenvalue weighted by Gasteiger charge is -2.04. The van der Waals surface area contributed by atoms with E-state index in [0.29, 0.717) is 4.88 Å². The fourth-order valence-corrected chi connectivity index (χ4v) is 1.73. The molecule has 1 unspecified atom stereocenters. The molecule has 3 nitrogen and oxygen atoms in total. The molecular weight excluding hydrogens is 184 g/mol. The Kier molecular flexibility index (Phi) is 3.04. The van der Waals surface area contributed by atoms with E-state index < -0.39 is 6.04 Å². The monoisotopic (exact) mass is 194 g/mol. The molecule has 1 amide bonds. The molecule has 1 N–H and O–H groups in total. The Morgan fingerprint density at radius 3 is 2.92 bits per heavy atom. The summed E-state index contributed by atoms with van der Waals surface area (Å²) in [4.78, 5) is 12.1. The second kappa shape index (κ2) is 4.06. The molecule has 0 bridgehead atoms. The molecule has 0 spiro atoms. The second-order valence-electron chi connectivity index (χ2n) is 2.76. The maximum absolute atomic E-state index is 11.4. The molecule has 1 rings (SSSR count). The minimum Gasteiger partial charge on any atom is -0.336 e. The van der Waals surface area contributed by atoms with Gasteiger partial charge in [-0.15, -0.1) is 11.3 Å². The molecule has 13 heavy (non-hydrogen) atoms. The van der Waals surface area contributed by atoms with Crippen LogP contribution in [0.5, 0.6) is 0 Å². The third kappa shape index (κ3) is 2.30. The fraction of sp³-hybridized carbons (Fsp3) is 0.333. The topological polar surface area (TPSA) is 52.9 Å². The lowest BCUT2D eigenvalue weighted by atomic mass is 10.2. The number of carbonyl (C=O) groups excluding carboxylic acids is 1. The van der Waals surface area contributed by atoms with Crippen molar-refractivity contribution < 1.29 is 4.79 Å². The summed E-state index contributed by atoms with van der Waals surface area (Å²) in [7, 11) is 0. The zero-order chi connectivity index (χ0) is 9.84. The van der Waals surface area contributed by atoms with E-state index >= 15 is 0 Å². The Morgan fingerprint density at radius 2 is 2.46 bits per heavy atom. The average molecular weight is 194 g/mol. The maximum atomic E-state index is 11.4. The average Bonchev–Trinajstić information content (AvgIpc) is 2.51. The predicted octanol–water partition coefficient (Wildman–Crippen LogP) is 1.70. The number of hydrogen-bond donors (Lipinski definition) is 1. The van der Waals surface area contributed by atoms with E-state index in [1.807, 2.05) is 24.4 Å². The Bertz CT molecular complexity index is 351. The van der Waals surface area contributed by atoms with Gasteiger partial charge in [-0.3, -0.25) is 4.79 Å². The van der Waals surface area contributed by atoms with Crippen LogP contribution in [-0.4, -0.2) is 11.9 Å². The van der Waals surface area contributed by atoms with Gasteiger partial charge in [-0.1, -0.05) is 0 Å². The van der Waals surface area contributed by atoms with Crippen molar-refractivity contribution in [2.45, 2.75) is 19.9 Å². The van der Waals surface area contributed by atoms with Crippen LogP contribution >= 0.6 is 11.3 Å². The van der Waals surface area contributed by atoms with Gasteiger partial charge >= 0.3 is 0 Å². The quantitative estimate of drug-likeness (QED) is 0.779. The standard InChI is InChI=1S/C9H10N2OS/c1-6-3-4-13-8(6)9(12)11-7(2)5-10/h3-4,7H,1-2H3,(H,11,12). The first-order chi connectivity index (χ1) is 6.15. The van der Waals surface area contributed by atoms with Gasteiger partial charge in [-0.25, -0.2) is 0 Å². The van der Waals surface area contributed by atoms with Crippen LogP contribution in [-0.2, 0) is 0 Å². The molecule has 0 fully saturated rings. The van der Waals surface area contributed by atoms with Crippen LogP contribution in [0, 0.1) is 18.3 Å². The fourth-order valence-electron chi connectivity index (χ4n) is 0.900. The number of rotatable bonds is 2. The summed E-state index contributed by atoms with van der Waals surface area (Å²) in [6.07, 6.45) is 0. The van der Waals surface area contributed by atoms with Crippen molar-refractivity contribution in [1.82, 2.24) is 5.32 Å².